The lowest BCUT2D eigenvalue weighted by atomic mass is 9.81. The molecule has 1 rings (SSSR count). The molecule has 1 N–H and O–H groups in total. The van der Waals surface area contributed by atoms with Crippen LogP contribution < -0.4 is 5.32 Å². The summed E-state index contributed by atoms with van der Waals surface area (Å²) in [5.74, 6) is -0.0846. The molecular formula is C14H22FN. The van der Waals surface area contributed by atoms with Crippen molar-refractivity contribution in [3.8, 4) is 0 Å². The first-order valence-corrected chi connectivity index (χ1v) is 6.05. The summed E-state index contributed by atoms with van der Waals surface area (Å²) >= 11 is 0. The van der Waals surface area contributed by atoms with Gasteiger partial charge in [0.25, 0.3) is 0 Å². The molecule has 90 valence electrons. The zero-order valence-electron chi connectivity index (χ0n) is 10.5. The molecule has 1 nitrogen and oxygen atoms in total. The normalized spacial score (nSPS) is 14.8. The van der Waals surface area contributed by atoms with Crippen LogP contribution in [0.5, 0.6) is 0 Å². The Bertz CT molecular complexity index is 324. The Morgan fingerprint density at radius 2 is 1.94 bits per heavy atom. The number of hydrogen-bond acceptors (Lipinski definition) is 1. The maximum Gasteiger partial charge on any atom is 0.126 e. The molecule has 1 aromatic carbocycles. The molecule has 0 aliphatic heterocycles. The van der Waals surface area contributed by atoms with E-state index in [4.69, 9.17) is 0 Å². The number of rotatable bonds is 6. The quantitative estimate of drug-likeness (QED) is 0.779. The SMILES string of the molecule is CCNCC(C)(CC)Cc1ccccc1F. The van der Waals surface area contributed by atoms with Crippen LogP contribution >= 0.6 is 0 Å². The van der Waals surface area contributed by atoms with E-state index in [2.05, 4.69) is 26.1 Å². The van der Waals surface area contributed by atoms with E-state index >= 15 is 0 Å². The van der Waals surface area contributed by atoms with Gasteiger partial charge in [-0.05, 0) is 36.4 Å². The molecule has 0 aliphatic rings. The average Bonchev–Trinajstić information content (AvgIpc) is 2.30. The third kappa shape index (κ3) is 3.60. The van der Waals surface area contributed by atoms with Crippen molar-refractivity contribution < 1.29 is 4.39 Å². The van der Waals surface area contributed by atoms with Gasteiger partial charge in [0.15, 0.2) is 0 Å². The first-order chi connectivity index (χ1) is 7.61. The Morgan fingerprint density at radius 1 is 1.25 bits per heavy atom. The van der Waals surface area contributed by atoms with Gasteiger partial charge in [0, 0.05) is 6.54 Å². The highest BCUT2D eigenvalue weighted by Gasteiger charge is 2.23. The smallest absolute Gasteiger partial charge is 0.126 e. The lowest BCUT2D eigenvalue weighted by Crippen LogP contribution is -2.33. The van der Waals surface area contributed by atoms with Crippen molar-refractivity contribution in [1.29, 1.82) is 0 Å². The fourth-order valence-electron chi connectivity index (χ4n) is 1.84. The van der Waals surface area contributed by atoms with Crippen molar-refractivity contribution >= 4 is 0 Å². The van der Waals surface area contributed by atoms with Crippen molar-refractivity contribution in [3.05, 3.63) is 35.6 Å². The Morgan fingerprint density at radius 3 is 2.50 bits per heavy atom. The first-order valence-electron chi connectivity index (χ1n) is 6.05. The minimum absolute atomic E-state index is 0.0846. The van der Waals surface area contributed by atoms with Crippen molar-refractivity contribution in [2.45, 2.75) is 33.6 Å². The van der Waals surface area contributed by atoms with E-state index in [9.17, 15) is 4.39 Å². The van der Waals surface area contributed by atoms with Crippen LogP contribution in [-0.2, 0) is 6.42 Å². The lowest BCUT2D eigenvalue weighted by molar-refractivity contribution is 0.289. The van der Waals surface area contributed by atoms with E-state index in [1.165, 1.54) is 0 Å². The highest BCUT2D eigenvalue weighted by molar-refractivity contribution is 5.18. The van der Waals surface area contributed by atoms with Crippen LogP contribution in [0.1, 0.15) is 32.8 Å². The number of halogens is 1. The molecule has 1 unspecified atom stereocenters. The van der Waals surface area contributed by atoms with E-state index in [-0.39, 0.29) is 11.2 Å². The van der Waals surface area contributed by atoms with Crippen LogP contribution in [0.25, 0.3) is 0 Å². The van der Waals surface area contributed by atoms with E-state index in [0.717, 1.165) is 31.5 Å². The molecular weight excluding hydrogens is 201 g/mol. The predicted molar refractivity (Wildman–Crippen MR) is 67.0 cm³/mol. The van der Waals surface area contributed by atoms with Gasteiger partial charge < -0.3 is 5.32 Å². The fourth-order valence-corrected chi connectivity index (χ4v) is 1.84. The summed E-state index contributed by atoms with van der Waals surface area (Å²) in [6.07, 6.45) is 1.84. The Labute approximate surface area is 98.1 Å². The maximum absolute atomic E-state index is 13.6. The summed E-state index contributed by atoms with van der Waals surface area (Å²) in [6.45, 7) is 8.38. The fraction of sp³-hybridized carbons (Fsp3) is 0.571. The average molecular weight is 223 g/mol. The van der Waals surface area contributed by atoms with Crippen LogP contribution in [0.4, 0.5) is 4.39 Å². The standard InChI is InChI=1S/C14H22FN/c1-4-14(3,11-16-5-2)10-12-8-6-7-9-13(12)15/h6-9,16H,4-5,10-11H2,1-3H3. The molecule has 0 heterocycles. The van der Waals surface area contributed by atoms with Crippen LogP contribution in [-0.4, -0.2) is 13.1 Å². The van der Waals surface area contributed by atoms with Gasteiger partial charge in [-0.15, -0.1) is 0 Å². The molecule has 0 radical (unpaired) electrons. The third-order valence-corrected chi connectivity index (χ3v) is 3.23. The molecule has 2 heteroatoms. The monoisotopic (exact) mass is 223 g/mol. The Hall–Kier alpha value is -0.890. The second-order valence-electron chi connectivity index (χ2n) is 4.71. The summed E-state index contributed by atoms with van der Waals surface area (Å²) in [6, 6.07) is 7.07. The lowest BCUT2D eigenvalue weighted by Gasteiger charge is -2.28. The van der Waals surface area contributed by atoms with E-state index in [0.29, 0.717) is 0 Å². The second-order valence-corrected chi connectivity index (χ2v) is 4.71. The summed E-state index contributed by atoms with van der Waals surface area (Å²) in [5, 5.41) is 3.36. The van der Waals surface area contributed by atoms with Gasteiger partial charge in [-0.3, -0.25) is 0 Å². The maximum atomic E-state index is 13.6. The largest absolute Gasteiger partial charge is 0.316 e. The molecule has 0 fully saturated rings. The zero-order chi connectivity index (χ0) is 12.0. The highest BCUT2D eigenvalue weighted by Crippen LogP contribution is 2.26. The molecule has 0 bridgehead atoms. The Balaban J connectivity index is 2.72. The molecule has 0 aliphatic carbocycles. The number of benzene rings is 1. The molecule has 16 heavy (non-hydrogen) atoms. The van der Waals surface area contributed by atoms with Gasteiger partial charge in [-0.25, -0.2) is 4.39 Å². The van der Waals surface area contributed by atoms with Gasteiger partial charge in [0.2, 0.25) is 0 Å². The molecule has 0 amide bonds. The minimum Gasteiger partial charge on any atom is -0.316 e. The summed E-state index contributed by atoms with van der Waals surface area (Å²) in [7, 11) is 0. The summed E-state index contributed by atoms with van der Waals surface area (Å²) in [4.78, 5) is 0. The summed E-state index contributed by atoms with van der Waals surface area (Å²) in [5.41, 5.74) is 0.961. The predicted octanol–water partition coefficient (Wildman–Crippen LogP) is 3.39. The van der Waals surface area contributed by atoms with Crippen LogP contribution in [0.2, 0.25) is 0 Å². The van der Waals surface area contributed by atoms with Crippen molar-refractivity contribution in [2.24, 2.45) is 5.41 Å². The van der Waals surface area contributed by atoms with Crippen LogP contribution in [0.3, 0.4) is 0 Å². The minimum atomic E-state index is -0.0846. The molecule has 0 aromatic heterocycles. The topological polar surface area (TPSA) is 12.0 Å². The molecule has 0 saturated heterocycles. The van der Waals surface area contributed by atoms with E-state index < -0.39 is 0 Å². The van der Waals surface area contributed by atoms with Gasteiger partial charge in [0.1, 0.15) is 5.82 Å². The van der Waals surface area contributed by atoms with Crippen molar-refractivity contribution in [1.82, 2.24) is 5.32 Å². The van der Waals surface area contributed by atoms with E-state index in [1.807, 2.05) is 12.1 Å². The number of nitrogens with one attached hydrogen (secondary N) is 1. The number of hydrogen-bond donors (Lipinski definition) is 1. The molecule has 1 aromatic rings. The van der Waals surface area contributed by atoms with Crippen molar-refractivity contribution in [2.75, 3.05) is 13.1 Å². The Kier molecular flexibility index (Phi) is 4.94. The first kappa shape index (κ1) is 13.2. The molecule has 0 spiro atoms. The van der Waals surface area contributed by atoms with E-state index in [1.54, 1.807) is 12.1 Å². The third-order valence-electron chi connectivity index (χ3n) is 3.23. The second kappa shape index (κ2) is 6.00. The highest BCUT2D eigenvalue weighted by atomic mass is 19.1. The zero-order valence-corrected chi connectivity index (χ0v) is 10.5. The van der Waals surface area contributed by atoms with Gasteiger partial charge in [0.05, 0.1) is 0 Å². The van der Waals surface area contributed by atoms with Gasteiger partial charge in [-0.1, -0.05) is 39.0 Å². The molecule has 0 saturated carbocycles. The van der Waals surface area contributed by atoms with Crippen molar-refractivity contribution in [3.63, 3.8) is 0 Å². The van der Waals surface area contributed by atoms with Gasteiger partial charge >= 0.3 is 0 Å². The van der Waals surface area contributed by atoms with Gasteiger partial charge in [-0.2, -0.15) is 0 Å². The van der Waals surface area contributed by atoms with Crippen LogP contribution in [0.15, 0.2) is 24.3 Å². The molecule has 1 atom stereocenters. The summed E-state index contributed by atoms with van der Waals surface area (Å²) < 4.78 is 13.6. The van der Waals surface area contributed by atoms with Crippen LogP contribution in [0, 0.1) is 11.2 Å².